The summed E-state index contributed by atoms with van der Waals surface area (Å²) in [6.07, 6.45) is -0.292. The molecule has 0 aromatic carbocycles. The van der Waals surface area contributed by atoms with Crippen LogP contribution in [0.15, 0.2) is 0 Å². The highest BCUT2D eigenvalue weighted by molar-refractivity contribution is 6.00. The van der Waals surface area contributed by atoms with Crippen molar-refractivity contribution in [2.24, 2.45) is 52.9 Å². The molecule has 6 fully saturated rings. The first-order chi connectivity index (χ1) is 23.4. The van der Waals surface area contributed by atoms with Crippen LogP contribution in [0.25, 0.3) is 0 Å². The lowest BCUT2D eigenvalue weighted by Gasteiger charge is -2.52. The summed E-state index contributed by atoms with van der Waals surface area (Å²) >= 11 is 0. The second kappa shape index (κ2) is 15.8. The van der Waals surface area contributed by atoms with Gasteiger partial charge in [-0.15, -0.1) is 0 Å². The lowest BCUT2D eigenvalue weighted by atomic mass is 9.55. The molecule has 0 bridgehead atoms. The predicted molar refractivity (Wildman–Crippen MR) is 174 cm³/mol. The monoisotopic (exact) mass is 698 g/mol. The molecular formula is C35H62N4O10+2. The average molecular weight is 699 g/mol. The molecule has 3 heterocycles. The van der Waals surface area contributed by atoms with Crippen molar-refractivity contribution in [3.63, 3.8) is 0 Å². The molecule has 3 saturated carbocycles. The van der Waals surface area contributed by atoms with Crippen LogP contribution in [0.3, 0.4) is 0 Å². The van der Waals surface area contributed by atoms with Crippen LogP contribution in [0.5, 0.6) is 0 Å². The molecule has 3 aliphatic carbocycles. The second-order valence-corrected chi connectivity index (χ2v) is 16.4. The number of quaternary nitrogens is 2. The van der Waals surface area contributed by atoms with Crippen molar-refractivity contribution in [3.05, 3.63) is 0 Å². The number of carbonyl (C=O) groups is 2. The van der Waals surface area contributed by atoms with Crippen molar-refractivity contribution in [3.8, 4) is 0 Å². The second-order valence-electron chi connectivity index (χ2n) is 16.4. The van der Waals surface area contributed by atoms with Gasteiger partial charge in [-0.1, -0.05) is 0 Å². The fourth-order valence-corrected chi connectivity index (χ4v) is 10.4. The minimum atomic E-state index is -1.93. The van der Waals surface area contributed by atoms with E-state index >= 15 is 0 Å². The molecule has 12 unspecified atom stereocenters. The number of fused-ring (bicyclic) bond motifs is 2. The molecule has 280 valence electrons. The topological polar surface area (TPSA) is 248 Å². The summed E-state index contributed by atoms with van der Waals surface area (Å²) in [5.41, 5.74) is 10.2. The van der Waals surface area contributed by atoms with E-state index in [0.717, 1.165) is 51.6 Å². The maximum atomic E-state index is 14.3. The van der Waals surface area contributed by atoms with E-state index in [-0.39, 0.29) is 48.6 Å². The van der Waals surface area contributed by atoms with Gasteiger partial charge >= 0.3 is 0 Å². The lowest BCUT2D eigenvalue weighted by Crippen LogP contribution is -2.95. The van der Waals surface area contributed by atoms with Crippen molar-refractivity contribution >= 4 is 11.6 Å². The summed E-state index contributed by atoms with van der Waals surface area (Å²) in [6.45, 7) is 1.23. The highest BCUT2D eigenvalue weighted by atomic mass is 16.7. The summed E-state index contributed by atoms with van der Waals surface area (Å²) in [4.78, 5) is 28.5. The van der Waals surface area contributed by atoms with Crippen LogP contribution in [-0.2, 0) is 23.8 Å². The largest absolute Gasteiger partial charge is 0.394 e. The van der Waals surface area contributed by atoms with Crippen LogP contribution in [0.4, 0.5) is 0 Å². The predicted octanol–water partition coefficient (Wildman–Crippen LogP) is -3.19. The Hall–Kier alpha value is -1.14. The molecule has 6 rings (SSSR count). The number of piperidine rings is 2. The van der Waals surface area contributed by atoms with Crippen molar-refractivity contribution in [1.29, 1.82) is 0 Å². The third-order valence-corrected chi connectivity index (χ3v) is 13.3. The molecule has 17 atom stereocenters. The normalized spacial score (nSPS) is 49.3. The molecule has 13 N–H and O–H groups in total. The molecule has 0 spiro atoms. The minimum Gasteiger partial charge on any atom is -0.394 e. The zero-order chi connectivity index (χ0) is 35.0. The van der Waals surface area contributed by atoms with Gasteiger partial charge in [-0.05, 0) is 69.6 Å². The average Bonchev–Trinajstić information content (AvgIpc) is 3.09. The summed E-state index contributed by atoms with van der Waals surface area (Å²) in [6, 6.07) is 0. The van der Waals surface area contributed by atoms with E-state index in [1.807, 2.05) is 0 Å². The third kappa shape index (κ3) is 7.81. The van der Waals surface area contributed by atoms with Crippen LogP contribution in [0, 0.1) is 41.4 Å². The third-order valence-electron chi connectivity index (χ3n) is 13.3. The number of carbonyl (C=O) groups excluding carboxylic acids is 2. The van der Waals surface area contributed by atoms with Crippen molar-refractivity contribution in [2.45, 2.75) is 138 Å². The first kappa shape index (κ1) is 37.6. The molecular weight excluding hydrogens is 636 g/mol. The van der Waals surface area contributed by atoms with Crippen molar-refractivity contribution < 1.29 is 60.0 Å². The highest BCUT2D eigenvalue weighted by Crippen LogP contribution is 2.50. The zero-order valence-electron chi connectivity index (χ0n) is 28.9. The maximum absolute atomic E-state index is 14.3. The van der Waals surface area contributed by atoms with Gasteiger partial charge < -0.3 is 50.4 Å². The molecule has 6 aliphatic rings. The zero-order valence-corrected chi connectivity index (χ0v) is 28.9. The van der Waals surface area contributed by atoms with Crippen LogP contribution < -0.4 is 22.1 Å². The summed E-state index contributed by atoms with van der Waals surface area (Å²) in [5.74, 6) is -2.23. The van der Waals surface area contributed by atoms with Crippen molar-refractivity contribution in [1.82, 2.24) is 0 Å². The van der Waals surface area contributed by atoms with Crippen molar-refractivity contribution in [2.75, 3.05) is 26.8 Å². The SMILES string of the molecule is COC1CC(O[C@H]2O[C@H](CO)[C@](O)(CCC3CC[NH2+]C(N)C3)[C@H](O)[C@H]2O)C2C(=O)C3C(O)CC(CCC4CCC(N)[NH2+]C4)CC3C(=O)C2C1. The number of aliphatic hydroxyl groups is 5. The number of Topliss-reactive ketones (excluding diaryl/α,β-unsaturated/α-hetero) is 2. The van der Waals surface area contributed by atoms with Gasteiger partial charge in [-0.3, -0.25) is 21.1 Å². The quantitative estimate of drug-likeness (QED) is 0.110. The van der Waals surface area contributed by atoms with Gasteiger partial charge in [0, 0.05) is 44.1 Å². The fourth-order valence-electron chi connectivity index (χ4n) is 10.4. The molecule has 49 heavy (non-hydrogen) atoms. The Kier molecular flexibility index (Phi) is 12.2. The van der Waals surface area contributed by atoms with Crippen LogP contribution in [-0.4, -0.2) is 125 Å². The minimum absolute atomic E-state index is 0.0283. The number of hydrogen-bond donors (Lipinski definition) is 9. The van der Waals surface area contributed by atoms with Gasteiger partial charge in [-0.25, -0.2) is 0 Å². The first-order valence-electron chi connectivity index (χ1n) is 18.9. The number of ketones is 2. The Morgan fingerprint density at radius 3 is 2.31 bits per heavy atom. The summed E-state index contributed by atoms with van der Waals surface area (Å²) < 4.78 is 18.0. The van der Waals surface area contributed by atoms with Crippen LogP contribution in [0.2, 0.25) is 0 Å². The smallest absolute Gasteiger partial charge is 0.187 e. The van der Waals surface area contributed by atoms with Gasteiger partial charge in [0.25, 0.3) is 0 Å². The summed E-state index contributed by atoms with van der Waals surface area (Å²) in [5, 5.41) is 60.0. The van der Waals surface area contributed by atoms with E-state index < -0.39 is 78.8 Å². The standard InChI is InChI=1S/C35H60N4O10/c1-47-20-13-22-29(31(43)28-21(30(22)42)10-19(11-23(28)41)3-2-18-4-5-26(36)39-15-18)24(14-20)48-34-32(44)33(45)35(46,25(16-40)49-34)8-6-17-7-9-38-27(37)12-17/h17-29,32-34,38-41,44-46H,2-16,36-37H2,1H3/p+2/t17?,18?,19?,20?,21?,22?,23?,24?,25-,26?,27?,28?,29?,32-,33-,34+,35-/m1/s1. The Morgan fingerprint density at radius 1 is 0.857 bits per heavy atom. The molecule has 3 aliphatic heterocycles. The molecule has 0 radical (unpaired) electrons. The van der Waals surface area contributed by atoms with Gasteiger partial charge in [0.05, 0.1) is 49.8 Å². The van der Waals surface area contributed by atoms with Gasteiger partial charge in [0.2, 0.25) is 0 Å². The Labute approximate surface area is 289 Å². The lowest BCUT2D eigenvalue weighted by molar-refractivity contribution is -0.703. The van der Waals surface area contributed by atoms with Gasteiger partial charge in [0.15, 0.2) is 6.29 Å². The highest BCUT2D eigenvalue weighted by Gasteiger charge is 2.60. The van der Waals surface area contributed by atoms with Crippen LogP contribution >= 0.6 is 0 Å². The Balaban J connectivity index is 1.13. The number of nitrogens with two attached hydrogens (primary N) is 4. The van der Waals surface area contributed by atoms with E-state index in [4.69, 9.17) is 25.7 Å². The number of ether oxygens (including phenoxy) is 3. The van der Waals surface area contributed by atoms with E-state index in [1.54, 1.807) is 7.11 Å². The molecule has 14 nitrogen and oxygen atoms in total. The summed E-state index contributed by atoms with van der Waals surface area (Å²) in [7, 11) is 1.55. The Bertz CT molecular complexity index is 1140. The van der Waals surface area contributed by atoms with Crippen LogP contribution in [0.1, 0.15) is 77.0 Å². The molecule has 0 aromatic rings. The molecule has 0 aromatic heterocycles. The molecule has 14 heteroatoms. The number of aliphatic hydroxyl groups excluding tert-OH is 4. The first-order valence-corrected chi connectivity index (χ1v) is 18.9. The Morgan fingerprint density at radius 2 is 1.61 bits per heavy atom. The number of hydrogen-bond acceptors (Lipinski definition) is 12. The number of rotatable bonds is 10. The van der Waals surface area contributed by atoms with Gasteiger partial charge in [-0.2, -0.15) is 0 Å². The number of methoxy groups -OCH3 is 1. The van der Waals surface area contributed by atoms with E-state index in [0.29, 0.717) is 31.6 Å². The maximum Gasteiger partial charge on any atom is 0.187 e. The van der Waals surface area contributed by atoms with E-state index in [1.165, 1.54) is 0 Å². The fraction of sp³-hybridized carbons (Fsp3) is 0.943. The van der Waals surface area contributed by atoms with Gasteiger partial charge in [0.1, 0.15) is 47.8 Å². The molecule has 3 saturated heterocycles. The van der Waals surface area contributed by atoms with E-state index in [2.05, 4.69) is 10.6 Å². The molecule has 0 amide bonds. The van der Waals surface area contributed by atoms with E-state index in [9.17, 15) is 35.1 Å².